The van der Waals surface area contributed by atoms with Crippen LogP contribution >= 0.6 is 27.5 Å². The summed E-state index contributed by atoms with van der Waals surface area (Å²) in [5, 5.41) is 13.9. The smallest absolute Gasteiger partial charge is 0.308 e. The highest BCUT2D eigenvalue weighted by Gasteiger charge is 2.11. The number of amides is 2. The first-order chi connectivity index (χ1) is 9.99. The van der Waals surface area contributed by atoms with Crippen molar-refractivity contribution in [2.24, 2.45) is 0 Å². The van der Waals surface area contributed by atoms with Crippen molar-refractivity contribution in [1.82, 2.24) is 0 Å². The van der Waals surface area contributed by atoms with Gasteiger partial charge in [-0.05, 0) is 46.3 Å². The van der Waals surface area contributed by atoms with Crippen LogP contribution in [-0.4, -0.2) is 6.03 Å². The summed E-state index contributed by atoms with van der Waals surface area (Å²) >= 11 is 9.00. The van der Waals surface area contributed by atoms with Crippen LogP contribution in [0.4, 0.5) is 20.6 Å². The number of urea groups is 1. The fourth-order valence-corrected chi connectivity index (χ4v) is 2.50. The van der Waals surface area contributed by atoms with E-state index < -0.39 is 11.8 Å². The average Bonchev–Trinajstić information content (AvgIpc) is 2.43. The number of halogens is 3. The van der Waals surface area contributed by atoms with Gasteiger partial charge >= 0.3 is 6.03 Å². The predicted octanol–water partition coefficient (Wildman–Crippen LogP) is 4.76. The number of nitriles is 1. The molecule has 0 heterocycles. The van der Waals surface area contributed by atoms with E-state index in [1.807, 2.05) is 6.07 Å². The molecule has 0 aliphatic carbocycles. The Labute approximate surface area is 133 Å². The molecule has 2 aromatic carbocycles. The van der Waals surface area contributed by atoms with Gasteiger partial charge in [0, 0.05) is 10.2 Å². The Morgan fingerprint density at radius 3 is 2.71 bits per heavy atom. The topological polar surface area (TPSA) is 64.9 Å². The third-order valence-electron chi connectivity index (χ3n) is 2.49. The number of nitrogens with zero attached hydrogens (tertiary/aromatic N) is 1. The van der Waals surface area contributed by atoms with Crippen LogP contribution in [0.1, 0.15) is 5.56 Å². The highest BCUT2D eigenvalue weighted by molar-refractivity contribution is 9.10. The highest BCUT2D eigenvalue weighted by atomic mass is 79.9. The lowest BCUT2D eigenvalue weighted by atomic mass is 10.2. The predicted molar refractivity (Wildman–Crippen MR) is 82.9 cm³/mol. The lowest BCUT2D eigenvalue weighted by molar-refractivity contribution is 0.262. The maximum atomic E-state index is 13.1. The fraction of sp³-hybridized carbons (Fsp3) is 0. The molecule has 2 aromatic rings. The first-order valence-corrected chi connectivity index (χ1v) is 6.89. The molecule has 0 aromatic heterocycles. The first kappa shape index (κ1) is 15.3. The zero-order valence-corrected chi connectivity index (χ0v) is 12.8. The van der Waals surface area contributed by atoms with Gasteiger partial charge in [-0.15, -0.1) is 0 Å². The molecular weight excluding hydrogens is 361 g/mol. The fourth-order valence-electron chi connectivity index (χ4n) is 1.60. The molecule has 0 saturated heterocycles. The summed E-state index contributed by atoms with van der Waals surface area (Å²) in [4.78, 5) is 11.9. The molecule has 21 heavy (non-hydrogen) atoms. The van der Waals surface area contributed by atoms with Crippen LogP contribution in [-0.2, 0) is 0 Å². The van der Waals surface area contributed by atoms with Crippen LogP contribution < -0.4 is 10.6 Å². The number of carbonyl (C=O) groups excluding carboxylic acids is 1. The summed E-state index contributed by atoms with van der Waals surface area (Å²) < 4.78 is 13.4. The minimum absolute atomic E-state index is 0.0720. The molecule has 4 nitrogen and oxygen atoms in total. The van der Waals surface area contributed by atoms with Gasteiger partial charge in [0.05, 0.1) is 22.3 Å². The number of anilines is 2. The largest absolute Gasteiger partial charge is 0.323 e. The van der Waals surface area contributed by atoms with Crippen LogP contribution in [0.5, 0.6) is 0 Å². The second kappa shape index (κ2) is 6.57. The zero-order valence-electron chi connectivity index (χ0n) is 10.5. The Morgan fingerprint density at radius 1 is 1.29 bits per heavy atom. The summed E-state index contributed by atoms with van der Waals surface area (Å²) in [6, 6.07) is 10.1. The SMILES string of the molecule is N#Cc1cccc(NC(=O)Nc2c(Cl)cc(F)cc2Br)c1. The monoisotopic (exact) mass is 367 g/mol. The number of hydrogen-bond acceptors (Lipinski definition) is 2. The number of rotatable bonds is 2. The summed E-state index contributed by atoms with van der Waals surface area (Å²) in [6.07, 6.45) is 0. The van der Waals surface area contributed by atoms with Crippen molar-refractivity contribution in [3.63, 3.8) is 0 Å². The van der Waals surface area contributed by atoms with E-state index in [2.05, 4.69) is 26.6 Å². The van der Waals surface area contributed by atoms with Crippen molar-refractivity contribution < 1.29 is 9.18 Å². The van der Waals surface area contributed by atoms with E-state index in [1.165, 1.54) is 12.1 Å². The molecule has 0 unspecified atom stereocenters. The molecule has 7 heteroatoms. The van der Waals surface area contributed by atoms with Gasteiger partial charge in [0.2, 0.25) is 0 Å². The van der Waals surface area contributed by atoms with E-state index in [9.17, 15) is 9.18 Å². The zero-order chi connectivity index (χ0) is 15.4. The molecule has 0 spiro atoms. The van der Waals surface area contributed by atoms with E-state index in [1.54, 1.807) is 18.2 Å². The van der Waals surface area contributed by atoms with Crippen molar-refractivity contribution in [3.8, 4) is 6.07 Å². The highest BCUT2D eigenvalue weighted by Crippen LogP contribution is 2.31. The number of benzene rings is 2. The molecule has 2 amide bonds. The Morgan fingerprint density at radius 2 is 2.05 bits per heavy atom. The molecule has 0 bridgehead atoms. The Kier molecular flexibility index (Phi) is 4.78. The van der Waals surface area contributed by atoms with Crippen molar-refractivity contribution >= 4 is 44.9 Å². The molecule has 2 N–H and O–H groups in total. The second-order valence-electron chi connectivity index (χ2n) is 4.02. The summed E-state index contributed by atoms with van der Waals surface area (Å²) in [7, 11) is 0. The standard InChI is InChI=1S/C14H8BrClFN3O/c15-11-5-9(17)6-12(16)13(11)20-14(21)19-10-3-1-2-8(4-10)7-18/h1-6H,(H2,19,20,21). The van der Waals surface area contributed by atoms with Gasteiger partial charge in [0.15, 0.2) is 0 Å². The van der Waals surface area contributed by atoms with Crippen LogP contribution in [0.25, 0.3) is 0 Å². The van der Waals surface area contributed by atoms with E-state index in [0.717, 1.165) is 6.07 Å². The van der Waals surface area contributed by atoms with Crippen LogP contribution in [0.15, 0.2) is 40.9 Å². The third kappa shape index (κ3) is 3.94. The van der Waals surface area contributed by atoms with Gasteiger partial charge in [-0.3, -0.25) is 0 Å². The van der Waals surface area contributed by atoms with Crippen molar-refractivity contribution in [3.05, 3.63) is 57.3 Å². The molecule has 0 radical (unpaired) electrons. The third-order valence-corrected chi connectivity index (χ3v) is 3.42. The second-order valence-corrected chi connectivity index (χ2v) is 5.28. The van der Waals surface area contributed by atoms with Crippen LogP contribution in [0, 0.1) is 17.1 Å². The maximum absolute atomic E-state index is 13.1. The first-order valence-electron chi connectivity index (χ1n) is 5.72. The van der Waals surface area contributed by atoms with Gasteiger partial charge in [-0.25, -0.2) is 9.18 Å². The van der Waals surface area contributed by atoms with Gasteiger partial charge in [-0.1, -0.05) is 17.7 Å². The lowest BCUT2D eigenvalue weighted by Gasteiger charge is -2.11. The van der Waals surface area contributed by atoms with Crippen molar-refractivity contribution in [1.29, 1.82) is 5.26 Å². The molecule has 106 valence electrons. The van der Waals surface area contributed by atoms with Gasteiger partial charge in [-0.2, -0.15) is 5.26 Å². The quantitative estimate of drug-likeness (QED) is 0.803. The van der Waals surface area contributed by atoms with Crippen LogP contribution in [0.2, 0.25) is 5.02 Å². The Hall–Kier alpha value is -2.10. The summed E-state index contributed by atoms with van der Waals surface area (Å²) in [5.74, 6) is -0.514. The molecule has 0 aliphatic heterocycles. The van der Waals surface area contributed by atoms with Crippen molar-refractivity contribution in [2.75, 3.05) is 10.6 Å². The molecule has 0 aliphatic rings. The maximum Gasteiger partial charge on any atom is 0.323 e. The molecular formula is C14H8BrClFN3O. The number of carbonyl (C=O) groups is 1. The minimum Gasteiger partial charge on any atom is -0.308 e. The number of hydrogen-bond donors (Lipinski definition) is 2. The van der Waals surface area contributed by atoms with Gasteiger partial charge in [0.1, 0.15) is 5.82 Å². The normalized spacial score (nSPS) is 9.81. The summed E-state index contributed by atoms with van der Waals surface area (Å²) in [5.41, 5.74) is 1.14. The summed E-state index contributed by atoms with van der Waals surface area (Å²) in [6.45, 7) is 0. The van der Waals surface area contributed by atoms with E-state index in [-0.39, 0.29) is 10.7 Å². The van der Waals surface area contributed by atoms with E-state index in [0.29, 0.717) is 15.7 Å². The lowest BCUT2D eigenvalue weighted by Crippen LogP contribution is -2.20. The minimum atomic E-state index is -0.556. The molecule has 0 atom stereocenters. The Bertz CT molecular complexity index is 722. The van der Waals surface area contributed by atoms with Crippen molar-refractivity contribution in [2.45, 2.75) is 0 Å². The Balaban J connectivity index is 2.14. The number of nitrogens with one attached hydrogen (secondary N) is 2. The molecule has 0 fully saturated rings. The van der Waals surface area contributed by atoms with Gasteiger partial charge < -0.3 is 10.6 Å². The molecule has 2 rings (SSSR count). The van der Waals surface area contributed by atoms with Crippen LogP contribution in [0.3, 0.4) is 0 Å². The molecule has 0 saturated carbocycles. The van der Waals surface area contributed by atoms with E-state index >= 15 is 0 Å². The average molecular weight is 369 g/mol. The van der Waals surface area contributed by atoms with Gasteiger partial charge in [0.25, 0.3) is 0 Å². The van der Waals surface area contributed by atoms with E-state index in [4.69, 9.17) is 16.9 Å².